The second-order valence-corrected chi connectivity index (χ2v) is 12.4. The van der Waals surface area contributed by atoms with Gasteiger partial charge in [0.2, 0.25) is 0 Å². The minimum absolute atomic E-state index is 0.739. The fourth-order valence-electron chi connectivity index (χ4n) is 6.11. The van der Waals surface area contributed by atoms with E-state index < -0.39 is 0 Å². The molecule has 0 radical (unpaired) electrons. The van der Waals surface area contributed by atoms with E-state index in [-0.39, 0.29) is 0 Å². The Hall–Kier alpha value is 0.700. The second-order valence-electron chi connectivity index (χ2n) is 9.69. The zero-order valence-corrected chi connectivity index (χ0v) is 19.1. The van der Waals surface area contributed by atoms with E-state index in [4.69, 9.17) is 0 Å². The minimum Gasteiger partial charge on any atom is -0.162 e. The predicted molar refractivity (Wildman–Crippen MR) is 123 cm³/mol. The molecule has 2 heteroatoms. The standard InChI is InChI=1S/C24H44S2/c1-2-26-23-13-17-24(19-23,16-8-12-22-14-18-25-20-22)15-7-11-21-9-5-3-4-6-10-21/h21-23H,2-20H2,1H3. The average Bonchev–Trinajstić information content (AvgIpc) is 3.21. The summed E-state index contributed by atoms with van der Waals surface area (Å²) >= 11 is 4.46. The molecule has 0 amide bonds. The van der Waals surface area contributed by atoms with Gasteiger partial charge >= 0.3 is 0 Å². The van der Waals surface area contributed by atoms with Gasteiger partial charge in [-0.25, -0.2) is 0 Å². The van der Waals surface area contributed by atoms with Crippen LogP contribution in [0.1, 0.15) is 110 Å². The zero-order valence-electron chi connectivity index (χ0n) is 17.5. The summed E-state index contributed by atoms with van der Waals surface area (Å²) in [5.41, 5.74) is 0.739. The molecule has 0 aromatic rings. The number of hydrogen-bond donors (Lipinski definition) is 0. The van der Waals surface area contributed by atoms with Gasteiger partial charge in [-0.15, -0.1) is 0 Å². The van der Waals surface area contributed by atoms with Crippen LogP contribution in [-0.2, 0) is 0 Å². The number of hydrogen-bond acceptors (Lipinski definition) is 2. The van der Waals surface area contributed by atoms with Crippen molar-refractivity contribution >= 4 is 23.5 Å². The minimum atomic E-state index is 0.739. The molecule has 3 atom stereocenters. The van der Waals surface area contributed by atoms with Gasteiger partial charge in [0.1, 0.15) is 0 Å². The van der Waals surface area contributed by atoms with Crippen LogP contribution in [0.3, 0.4) is 0 Å². The van der Waals surface area contributed by atoms with E-state index in [2.05, 4.69) is 30.4 Å². The summed E-state index contributed by atoms with van der Waals surface area (Å²) in [5.74, 6) is 6.36. The van der Waals surface area contributed by atoms with E-state index in [0.29, 0.717) is 0 Å². The highest BCUT2D eigenvalue weighted by atomic mass is 32.2. The Balaban J connectivity index is 1.44. The molecule has 1 aliphatic heterocycles. The first-order valence-electron chi connectivity index (χ1n) is 12.0. The molecule has 0 bridgehead atoms. The van der Waals surface area contributed by atoms with Gasteiger partial charge in [-0.1, -0.05) is 64.7 Å². The van der Waals surface area contributed by atoms with Gasteiger partial charge in [0.15, 0.2) is 0 Å². The molecule has 152 valence electrons. The van der Waals surface area contributed by atoms with Crippen molar-refractivity contribution in [3.63, 3.8) is 0 Å². The first-order chi connectivity index (χ1) is 12.8. The molecule has 0 nitrogen and oxygen atoms in total. The van der Waals surface area contributed by atoms with Gasteiger partial charge in [0.25, 0.3) is 0 Å². The van der Waals surface area contributed by atoms with Crippen LogP contribution >= 0.6 is 23.5 Å². The zero-order chi connectivity index (χ0) is 18.1. The smallest absolute Gasteiger partial charge is 0.00524 e. The fourth-order valence-corrected chi connectivity index (χ4v) is 8.67. The van der Waals surface area contributed by atoms with Gasteiger partial charge in [-0.05, 0) is 79.5 Å². The van der Waals surface area contributed by atoms with E-state index in [9.17, 15) is 0 Å². The highest BCUT2D eigenvalue weighted by molar-refractivity contribution is 7.99. The monoisotopic (exact) mass is 396 g/mol. The van der Waals surface area contributed by atoms with Crippen molar-refractivity contribution in [2.24, 2.45) is 17.3 Å². The maximum atomic E-state index is 2.36. The molecule has 3 unspecified atom stereocenters. The number of thioether (sulfide) groups is 2. The van der Waals surface area contributed by atoms with Crippen molar-refractivity contribution in [1.82, 2.24) is 0 Å². The first-order valence-corrected chi connectivity index (χ1v) is 14.2. The molecular formula is C24H44S2. The molecule has 3 aliphatic rings. The Morgan fingerprint density at radius 2 is 1.62 bits per heavy atom. The SMILES string of the molecule is CCSC1CCC(CCCC2CCCCCC2)(CCCC2CCSC2)C1. The summed E-state index contributed by atoms with van der Waals surface area (Å²) in [6.07, 6.45) is 24.5. The van der Waals surface area contributed by atoms with Gasteiger partial charge in [0.05, 0.1) is 0 Å². The Morgan fingerprint density at radius 1 is 0.885 bits per heavy atom. The average molecular weight is 397 g/mol. The lowest BCUT2D eigenvalue weighted by Gasteiger charge is -2.31. The Kier molecular flexibility index (Phi) is 9.59. The van der Waals surface area contributed by atoms with Gasteiger partial charge in [0, 0.05) is 5.25 Å². The Morgan fingerprint density at radius 3 is 2.27 bits per heavy atom. The summed E-state index contributed by atoms with van der Waals surface area (Å²) in [5, 5.41) is 0.986. The van der Waals surface area contributed by atoms with E-state index in [1.54, 1.807) is 44.9 Å². The summed E-state index contributed by atoms with van der Waals surface area (Å²) < 4.78 is 0. The summed E-state index contributed by atoms with van der Waals surface area (Å²) in [4.78, 5) is 0. The van der Waals surface area contributed by atoms with Crippen LogP contribution in [0.15, 0.2) is 0 Å². The van der Waals surface area contributed by atoms with Crippen LogP contribution in [-0.4, -0.2) is 22.5 Å². The molecule has 3 rings (SSSR count). The molecule has 0 aromatic heterocycles. The molecule has 0 aromatic carbocycles. The summed E-state index contributed by atoms with van der Waals surface area (Å²) in [6.45, 7) is 2.36. The third kappa shape index (κ3) is 6.94. The van der Waals surface area contributed by atoms with Gasteiger partial charge < -0.3 is 0 Å². The van der Waals surface area contributed by atoms with Crippen LogP contribution in [0.5, 0.6) is 0 Å². The van der Waals surface area contributed by atoms with Crippen molar-refractivity contribution in [3.8, 4) is 0 Å². The fraction of sp³-hybridized carbons (Fsp3) is 1.00. The lowest BCUT2D eigenvalue weighted by Crippen LogP contribution is -2.19. The molecular weight excluding hydrogens is 352 g/mol. The molecule has 2 aliphatic carbocycles. The van der Waals surface area contributed by atoms with Crippen molar-refractivity contribution < 1.29 is 0 Å². The lowest BCUT2D eigenvalue weighted by atomic mass is 9.75. The highest BCUT2D eigenvalue weighted by Crippen LogP contribution is 2.50. The van der Waals surface area contributed by atoms with Crippen LogP contribution in [0, 0.1) is 17.3 Å². The summed E-state index contributed by atoms with van der Waals surface area (Å²) in [6, 6.07) is 0. The lowest BCUT2D eigenvalue weighted by molar-refractivity contribution is 0.219. The van der Waals surface area contributed by atoms with Crippen LogP contribution in [0.2, 0.25) is 0 Å². The Labute approximate surface area is 172 Å². The third-order valence-electron chi connectivity index (χ3n) is 7.70. The van der Waals surface area contributed by atoms with Crippen LogP contribution < -0.4 is 0 Å². The van der Waals surface area contributed by atoms with Crippen molar-refractivity contribution in [2.75, 3.05) is 17.3 Å². The van der Waals surface area contributed by atoms with Crippen molar-refractivity contribution in [1.29, 1.82) is 0 Å². The largest absolute Gasteiger partial charge is 0.162 e. The van der Waals surface area contributed by atoms with E-state index in [0.717, 1.165) is 22.5 Å². The van der Waals surface area contributed by atoms with E-state index in [1.807, 2.05) is 0 Å². The second kappa shape index (κ2) is 11.6. The molecule has 3 fully saturated rings. The summed E-state index contributed by atoms with van der Waals surface area (Å²) in [7, 11) is 0. The van der Waals surface area contributed by atoms with Gasteiger partial charge in [-0.3, -0.25) is 0 Å². The topological polar surface area (TPSA) is 0 Å². The van der Waals surface area contributed by atoms with Crippen LogP contribution in [0.25, 0.3) is 0 Å². The molecule has 2 saturated carbocycles. The van der Waals surface area contributed by atoms with Crippen LogP contribution in [0.4, 0.5) is 0 Å². The third-order valence-corrected chi connectivity index (χ3v) is 10.1. The normalized spacial score (nSPS) is 33.6. The van der Waals surface area contributed by atoms with Crippen molar-refractivity contribution in [2.45, 2.75) is 115 Å². The quantitative estimate of drug-likeness (QED) is 0.340. The molecule has 1 saturated heterocycles. The van der Waals surface area contributed by atoms with Crippen molar-refractivity contribution in [3.05, 3.63) is 0 Å². The maximum Gasteiger partial charge on any atom is 0.00524 e. The number of rotatable bonds is 10. The predicted octanol–water partition coefficient (Wildman–Crippen LogP) is 8.34. The van der Waals surface area contributed by atoms with Gasteiger partial charge in [-0.2, -0.15) is 23.5 Å². The molecule has 1 heterocycles. The Bertz CT molecular complexity index is 368. The molecule has 26 heavy (non-hydrogen) atoms. The highest BCUT2D eigenvalue weighted by Gasteiger charge is 2.38. The van der Waals surface area contributed by atoms with E-state index in [1.165, 1.54) is 75.0 Å². The molecule has 0 N–H and O–H groups in total. The van der Waals surface area contributed by atoms with E-state index >= 15 is 0 Å². The molecule has 0 spiro atoms. The first kappa shape index (κ1) is 21.4. The maximum absolute atomic E-state index is 2.36.